The van der Waals surface area contributed by atoms with E-state index in [9.17, 15) is 4.79 Å². The number of hydrogen-bond acceptors (Lipinski definition) is 6. The molecule has 2 atom stereocenters. The van der Waals surface area contributed by atoms with Gasteiger partial charge in [0.2, 0.25) is 5.06 Å². The Hall–Kier alpha value is -2.64. The molecule has 31 heavy (non-hydrogen) atoms. The van der Waals surface area contributed by atoms with Crippen molar-refractivity contribution >= 4 is 27.6 Å². The number of nitrogens with one attached hydrogen (secondary N) is 1. The van der Waals surface area contributed by atoms with Gasteiger partial charge < -0.3 is 14.8 Å². The van der Waals surface area contributed by atoms with E-state index < -0.39 is 6.09 Å². The molecule has 2 unspecified atom stereocenters. The van der Waals surface area contributed by atoms with E-state index in [2.05, 4.69) is 45.5 Å². The summed E-state index contributed by atoms with van der Waals surface area (Å²) >= 11 is 1.34. The van der Waals surface area contributed by atoms with Crippen LogP contribution in [0.3, 0.4) is 0 Å². The van der Waals surface area contributed by atoms with Crippen molar-refractivity contribution in [1.82, 2.24) is 15.2 Å². The zero-order valence-corrected chi connectivity index (χ0v) is 18.4. The molecule has 7 heteroatoms. The smallest absolute Gasteiger partial charge is 0.413 e. The maximum atomic E-state index is 12.7. The summed E-state index contributed by atoms with van der Waals surface area (Å²) in [6, 6.07) is 15.6. The SMILES string of the molecule is CCOc1c(OC(=O)NC2CC3CCC(C2)N3Cc2ccccc2)sc2ncccc12. The monoisotopic (exact) mass is 437 g/mol. The van der Waals surface area contributed by atoms with Gasteiger partial charge in [0.15, 0.2) is 5.75 Å². The molecule has 0 saturated carbocycles. The number of nitrogens with zero attached hydrogens (tertiary/aromatic N) is 2. The standard InChI is InChI=1S/C24H27N3O3S/c1-2-29-21-20-9-6-12-25-22(20)31-23(21)30-24(28)26-17-13-18-10-11-19(14-17)27(18)15-16-7-4-3-5-8-16/h3-9,12,17-19H,2,10-11,13-15H2,1H3,(H,26,28). The minimum Gasteiger partial charge on any atom is -0.488 e. The van der Waals surface area contributed by atoms with Crippen molar-refractivity contribution in [3.05, 3.63) is 54.2 Å². The first-order valence-corrected chi connectivity index (χ1v) is 11.8. The van der Waals surface area contributed by atoms with E-state index in [4.69, 9.17) is 9.47 Å². The van der Waals surface area contributed by atoms with E-state index >= 15 is 0 Å². The molecule has 2 saturated heterocycles. The number of carbonyl (C=O) groups is 1. The molecule has 1 aromatic carbocycles. The Labute approximate surface area is 186 Å². The Morgan fingerprint density at radius 3 is 2.68 bits per heavy atom. The second-order valence-electron chi connectivity index (χ2n) is 8.25. The molecule has 1 N–H and O–H groups in total. The average Bonchev–Trinajstić information content (AvgIpc) is 3.22. The van der Waals surface area contributed by atoms with Gasteiger partial charge >= 0.3 is 6.09 Å². The maximum absolute atomic E-state index is 12.7. The van der Waals surface area contributed by atoms with Gasteiger partial charge in [0.25, 0.3) is 0 Å². The molecule has 6 nitrogen and oxygen atoms in total. The lowest BCUT2D eigenvalue weighted by atomic mass is 9.96. The van der Waals surface area contributed by atoms with E-state index in [-0.39, 0.29) is 6.04 Å². The molecule has 0 aliphatic carbocycles. The number of hydrogen-bond donors (Lipinski definition) is 1. The van der Waals surface area contributed by atoms with Crippen LogP contribution < -0.4 is 14.8 Å². The van der Waals surface area contributed by atoms with Crippen LogP contribution >= 0.6 is 11.3 Å². The Kier molecular flexibility index (Phi) is 5.78. The van der Waals surface area contributed by atoms with Crippen LogP contribution in [0, 0.1) is 0 Å². The Morgan fingerprint density at radius 1 is 1.16 bits per heavy atom. The highest BCUT2D eigenvalue weighted by Crippen LogP contribution is 2.43. The Balaban J connectivity index is 1.22. The second-order valence-corrected chi connectivity index (χ2v) is 9.21. The van der Waals surface area contributed by atoms with Crippen molar-refractivity contribution in [3.8, 4) is 10.8 Å². The summed E-state index contributed by atoms with van der Waals surface area (Å²) in [6.07, 6.45) is 5.64. The van der Waals surface area contributed by atoms with Crippen LogP contribution in [0.2, 0.25) is 0 Å². The summed E-state index contributed by atoms with van der Waals surface area (Å²) < 4.78 is 11.4. The van der Waals surface area contributed by atoms with Crippen molar-refractivity contribution in [2.75, 3.05) is 6.61 Å². The van der Waals surface area contributed by atoms with Crippen LogP contribution in [0.25, 0.3) is 10.2 Å². The van der Waals surface area contributed by atoms with Crippen molar-refractivity contribution in [2.45, 2.75) is 57.3 Å². The average molecular weight is 438 g/mol. The van der Waals surface area contributed by atoms with E-state index in [0.717, 1.165) is 29.6 Å². The fraction of sp³-hybridized carbons (Fsp3) is 0.417. The number of fused-ring (bicyclic) bond motifs is 3. The molecule has 2 aliphatic rings. The highest BCUT2D eigenvalue weighted by molar-refractivity contribution is 7.20. The minimum atomic E-state index is -0.409. The van der Waals surface area contributed by atoms with Crippen LogP contribution in [0.1, 0.15) is 38.2 Å². The molecular weight excluding hydrogens is 410 g/mol. The van der Waals surface area contributed by atoms with Gasteiger partial charge in [-0.1, -0.05) is 41.7 Å². The van der Waals surface area contributed by atoms with Crippen molar-refractivity contribution in [2.24, 2.45) is 0 Å². The molecule has 0 radical (unpaired) electrons. The van der Waals surface area contributed by atoms with Crippen molar-refractivity contribution in [1.29, 1.82) is 0 Å². The Bertz CT molecular complexity index is 1040. The third-order valence-electron chi connectivity index (χ3n) is 6.28. The first kappa shape index (κ1) is 20.3. The third-order valence-corrected chi connectivity index (χ3v) is 7.25. The molecular formula is C24H27N3O3S. The van der Waals surface area contributed by atoms with Crippen molar-refractivity contribution < 1.29 is 14.3 Å². The highest BCUT2D eigenvalue weighted by atomic mass is 32.1. The summed E-state index contributed by atoms with van der Waals surface area (Å²) in [6.45, 7) is 3.41. The second kappa shape index (κ2) is 8.85. The fourth-order valence-corrected chi connectivity index (χ4v) is 5.90. The highest BCUT2D eigenvalue weighted by Gasteiger charge is 2.41. The number of amides is 1. The summed E-state index contributed by atoms with van der Waals surface area (Å²) in [7, 11) is 0. The number of carbonyl (C=O) groups excluding carboxylic acids is 1. The van der Waals surface area contributed by atoms with Crippen LogP contribution in [0.4, 0.5) is 4.79 Å². The van der Waals surface area contributed by atoms with Gasteiger partial charge in [-0.3, -0.25) is 4.90 Å². The van der Waals surface area contributed by atoms with Gasteiger partial charge in [-0.25, -0.2) is 9.78 Å². The van der Waals surface area contributed by atoms with Crippen LogP contribution in [-0.2, 0) is 6.54 Å². The normalized spacial score (nSPS) is 23.1. The number of benzene rings is 1. The van der Waals surface area contributed by atoms with Gasteiger partial charge in [-0.15, -0.1) is 0 Å². The molecule has 162 valence electrons. The maximum Gasteiger partial charge on any atom is 0.413 e. The molecule has 2 aromatic heterocycles. The number of thiophene rings is 1. The molecule has 2 aliphatic heterocycles. The fourth-order valence-electron chi connectivity index (χ4n) is 4.96. The molecule has 1 amide bonds. The van der Waals surface area contributed by atoms with Gasteiger partial charge in [-0.2, -0.15) is 0 Å². The molecule has 2 fully saturated rings. The summed E-state index contributed by atoms with van der Waals surface area (Å²) in [5.74, 6) is 0.600. The summed E-state index contributed by atoms with van der Waals surface area (Å²) in [5, 5.41) is 4.46. The van der Waals surface area contributed by atoms with E-state index in [1.807, 2.05) is 19.1 Å². The molecule has 3 aromatic rings. The summed E-state index contributed by atoms with van der Waals surface area (Å²) in [5.41, 5.74) is 1.35. The van der Waals surface area contributed by atoms with Crippen LogP contribution in [0.5, 0.6) is 10.8 Å². The minimum absolute atomic E-state index is 0.139. The Morgan fingerprint density at radius 2 is 1.94 bits per heavy atom. The quantitative estimate of drug-likeness (QED) is 0.589. The van der Waals surface area contributed by atoms with E-state index in [0.29, 0.717) is 29.5 Å². The zero-order valence-electron chi connectivity index (χ0n) is 17.6. The number of ether oxygens (including phenoxy) is 2. The lowest BCUT2D eigenvalue weighted by molar-refractivity contribution is 0.107. The number of pyridine rings is 1. The zero-order chi connectivity index (χ0) is 21.2. The largest absolute Gasteiger partial charge is 0.488 e. The van der Waals surface area contributed by atoms with Gasteiger partial charge in [0.1, 0.15) is 4.83 Å². The van der Waals surface area contributed by atoms with Crippen LogP contribution in [-0.4, -0.2) is 40.7 Å². The lowest BCUT2D eigenvalue weighted by Crippen LogP contribution is -2.50. The topological polar surface area (TPSA) is 63.7 Å². The third kappa shape index (κ3) is 4.25. The molecule has 0 spiro atoms. The van der Waals surface area contributed by atoms with Crippen molar-refractivity contribution in [3.63, 3.8) is 0 Å². The summed E-state index contributed by atoms with van der Waals surface area (Å²) in [4.78, 5) is 20.5. The predicted octanol–water partition coefficient (Wildman–Crippen LogP) is 4.98. The van der Waals surface area contributed by atoms with Gasteiger partial charge in [-0.05, 0) is 50.3 Å². The first-order valence-electron chi connectivity index (χ1n) is 11.0. The van der Waals surface area contributed by atoms with Gasteiger partial charge in [0.05, 0.1) is 12.0 Å². The van der Waals surface area contributed by atoms with E-state index in [1.165, 1.54) is 29.7 Å². The number of aromatic nitrogens is 1. The van der Waals surface area contributed by atoms with E-state index in [1.54, 1.807) is 6.20 Å². The first-order chi connectivity index (χ1) is 15.2. The van der Waals surface area contributed by atoms with Crippen LogP contribution in [0.15, 0.2) is 48.7 Å². The molecule has 2 bridgehead atoms. The number of rotatable bonds is 6. The van der Waals surface area contributed by atoms with Gasteiger partial charge in [0, 0.05) is 30.9 Å². The lowest BCUT2D eigenvalue weighted by Gasteiger charge is -2.39. The molecule has 4 heterocycles. The molecule has 5 rings (SSSR count). The number of piperidine rings is 1. The predicted molar refractivity (Wildman–Crippen MR) is 122 cm³/mol.